The summed E-state index contributed by atoms with van der Waals surface area (Å²) < 4.78 is 1.87. The number of likely N-dealkylation sites (tertiary alicyclic amines) is 1. The zero-order chi connectivity index (χ0) is 17.9. The molecule has 0 aromatic carbocycles. The van der Waals surface area contributed by atoms with Gasteiger partial charge in [0.2, 0.25) is 0 Å². The van der Waals surface area contributed by atoms with Crippen LogP contribution in [0.1, 0.15) is 50.1 Å². The second-order valence-corrected chi connectivity index (χ2v) is 8.09. The van der Waals surface area contributed by atoms with Gasteiger partial charge in [0.25, 0.3) is 0 Å². The molecule has 6 heteroatoms. The van der Waals surface area contributed by atoms with E-state index >= 15 is 0 Å². The molecule has 140 valence electrons. The van der Waals surface area contributed by atoms with Crippen LogP contribution in [0.15, 0.2) is 17.4 Å². The summed E-state index contributed by atoms with van der Waals surface area (Å²) in [6, 6.07) is 0.289. The molecule has 6 nitrogen and oxygen atoms in total. The lowest BCUT2D eigenvalue weighted by Gasteiger charge is -2.34. The molecule has 0 bridgehead atoms. The maximum atomic E-state index is 4.57. The highest BCUT2D eigenvalue weighted by Crippen LogP contribution is 2.43. The molecule has 2 aliphatic rings. The molecule has 1 aromatic heterocycles. The molecule has 25 heavy (non-hydrogen) atoms. The first-order valence-corrected chi connectivity index (χ1v) is 9.64. The molecular formula is C19H34N6. The normalized spacial score (nSPS) is 22.0. The van der Waals surface area contributed by atoms with E-state index in [9.17, 15) is 0 Å². The molecule has 1 spiro atoms. The summed E-state index contributed by atoms with van der Waals surface area (Å²) >= 11 is 0. The minimum absolute atomic E-state index is 0.289. The van der Waals surface area contributed by atoms with Crippen molar-refractivity contribution in [3.63, 3.8) is 0 Å². The number of aromatic nitrogens is 2. The van der Waals surface area contributed by atoms with Crippen LogP contribution in [0.3, 0.4) is 0 Å². The maximum Gasteiger partial charge on any atom is 0.193 e. The molecule has 2 heterocycles. The van der Waals surface area contributed by atoms with E-state index in [0.29, 0.717) is 5.41 Å². The number of hydrogen-bond donors (Lipinski definition) is 1. The van der Waals surface area contributed by atoms with E-state index in [1.54, 1.807) is 0 Å². The first-order valence-electron chi connectivity index (χ1n) is 9.64. The van der Waals surface area contributed by atoms with Crippen LogP contribution in [0, 0.1) is 5.41 Å². The van der Waals surface area contributed by atoms with Gasteiger partial charge in [-0.2, -0.15) is 5.10 Å². The molecule has 1 unspecified atom stereocenters. The van der Waals surface area contributed by atoms with Crippen molar-refractivity contribution >= 4 is 5.96 Å². The van der Waals surface area contributed by atoms with Crippen LogP contribution in [0.4, 0.5) is 0 Å². The Hall–Kier alpha value is -1.56. The number of aryl methyl sites for hydroxylation is 1. The Morgan fingerprint density at radius 1 is 1.32 bits per heavy atom. The number of likely N-dealkylation sites (N-methyl/N-ethyl adjacent to an activating group) is 1. The van der Waals surface area contributed by atoms with Crippen LogP contribution in [0.25, 0.3) is 0 Å². The Balaban J connectivity index is 1.60. The summed E-state index contributed by atoms with van der Waals surface area (Å²) in [5, 5.41) is 7.94. The molecule has 3 rings (SSSR count). The monoisotopic (exact) mass is 346 g/mol. The van der Waals surface area contributed by atoms with Crippen LogP contribution >= 0.6 is 0 Å². The van der Waals surface area contributed by atoms with Gasteiger partial charge in [-0.15, -0.1) is 0 Å². The minimum atomic E-state index is 0.289. The van der Waals surface area contributed by atoms with Crippen molar-refractivity contribution in [3.8, 4) is 0 Å². The molecule has 1 aliphatic carbocycles. The Morgan fingerprint density at radius 2 is 2.08 bits per heavy atom. The van der Waals surface area contributed by atoms with Crippen LogP contribution in [-0.4, -0.2) is 66.3 Å². The van der Waals surface area contributed by atoms with Gasteiger partial charge in [0, 0.05) is 45.5 Å². The largest absolute Gasteiger partial charge is 0.354 e. The third kappa shape index (κ3) is 4.17. The average Bonchev–Trinajstić information content (AvgIpc) is 3.19. The van der Waals surface area contributed by atoms with Gasteiger partial charge in [-0.25, -0.2) is 0 Å². The summed E-state index contributed by atoms with van der Waals surface area (Å²) in [5.74, 6) is 1.05. The molecule has 0 amide bonds. The Bertz CT molecular complexity index is 584. The zero-order valence-electron chi connectivity index (χ0n) is 16.3. The second kappa shape index (κ2) is 7.77. The van der Waals surface area contributed by atoms with Gasteiger partial charge in [-0.1, -0.05) is 19.3 Å². The van der Waals surface area contributed by atoms with Crippen molar-refractivity contribution in [3.05, 3.63) is 18.0 Å². The van der Waals surface area contributed by atoms with E-state index in [0.717, 1.165) is 19.0 Å². The maximum absolute atomic E-state index is 4.57. The number of guanidine groups is 1. The van der Waals surface area contributed by atoms with Crippen molar-refractivity contribution in [1.29, 1.82) is 0 Å². The first-order chi connectivity index (χ1) is 12.0. The second-order valence-electron chi connectivity index (χ2n) is 8.09. The minimum Gasteiger partial charge on any atom is -0.354 e. The number of aliphatic imine (C=N–C) groups is 1. The molecule has 2 fully saturated rings. The van der Waals surface area contributed by atoms with Crippen LogP contribution in [0.5, 0.6) is 0 Å². The lowest BCUT2D eigenvalue weighted by Crippen LogP contribution is -2.44. The van der Waals surface area contributed by atoms with Gasteiger partial charge in [0.05, 0.1) is 12.2 Å². The highest BCUT2D eigenvalue weighted by Gasteiger charge is 2.39. The van der Waals surface area contributed by atoms with Crippen molar-refractivity contribution in [2.45, 2.75) is 44.6 Å². The lowest BCUT2D eigenvalue weighted by molar-refractivity contribution is 0.203. The van der Waals surface area contributed by atoms with E-state index < -0.39 is 0 Å². The molecule has 1 aliphatic heterocycles. The summed E-state index contributed by atoms with van der Waals surface area (Å²) in [5.41, 5.74) is 1.79. The summed E-state index contributed by atoms with van der Waals surface area (Å²) in [6.45, 7) is 3.15. The Kier molecular flexibility index (Phi) is 5.67. The zero-order valence-corrected chi connectivity index (χ0v) is 16.3. The quantitative estimate of drug-likeness (QED) is 0.671. The van der Waals surface area contributed by atoms with Gasteiger partial charge in [-0.3, -0.25) is 9.67 Å². The fourth-order valence-corrected chi connectivity index (χ4v) is 4.56. The molecule has 1 atom stereocenters. The van der Waals surface area contributed by atoms with Crippen LogP contribution in [0.2, 0.25) is 0 Å². The third-order valence-corrected chi connectivity index (χ3v) is 6.05. The van der Waals surface area contributed by atoms with Gasteiger partial charge in [0.15, 0.2) is 5.96 Å². The fraction of sp³-hybridized carbons (Fsp3) is 0.789. The Morgan fingerprint density at radius 3 is 2.68 bits per heavy atom. The highest BCUT2D eigenvalue weighted by molar-refractivity contribution is 5.80. The predicted molar refractivity (Wildman–Crippen MR) is 103 cm³/mol. The molecular weight excluding hydrogens is 312 g/mol. The SMILES string of the molecule is CN=C(NCC(c1cnn(C)c1)N(C)C)N1CCC2(CCCCC2)C1. The van der Waals surface area contributed by atoms with E-state index in [1.807, 2.05) is 25.0 Å². The smallest absolute Gasteiger partial charge is 0.193 e. The third-order valence-electron chi connectivity index (χ3n) is 6.05. The molecule has 0 radical (unpaired) electrons. The molecule has 1 saturated carbocycles. The first kappa shape index (κ1) is 18.2. The van der Waals surface area contributed by atoms with Gasteiger partial charge < -0.3 is 15.1 Å². The van der Waals surface area contributed by atoms with E-state index in [4.69, 9.17) is 0 Å². The van der Waals surface area contributed by atoms with E-state index in [2.05, 4.69) is 45.5 Å². The number of nitrogens with zero attached hydrogens (tertiary/aromatic N) is 5. The van der Waals surface area contributed by atoms with Gasteiger partial charge in [-0.05, 0) is 38.8 Å². The fourth-order valence-electron chi connectivity index (χ4n) is 4.56. The molecule has 1 saturated heterocycles. The molecule has 1 aromatic rings. The number of hydrogen-bond acceptors (Lipinski definition) is 3. The molecule has 1 N–H and O–H groups in total. The number of nitrogens with one attached hydrogen (secondary N) is 1. The van der Waals surface area contributed by atoms with E-state index in [1.165, 1.54) is 50.6 Å². The Labute approximate surface area is 152 Å². The van der Waals surface area contributed by atoms with Crippen molar-refractivity contribution in [1.82, 2.24) is 24.9 Å². The number of rotatable bonds is 4. The van der Waals surface area contributed by atoms with Gasteiger partial charge in [0.1, 0.15) is 0 Å². The standard InChI is InChI=1S/C19H34N6/c1-20-18(25-11-10-19(15-25)8-6-5-7-9-19)21-13-17(23(2)3)16-12-22-24(4)14-16/h12,14,17H,5-11,13,15H2,1-4H3,(H,20,21). The van der Waals surface area contributed by atoms with Gasteiger partial charge >= 0.3 is 0 Å². The van der Waals surface area contributed by atoms with Crippen LogP contribution in [-0.2, 0) is 7.05 Å². The van der Waals surface area contributed by atoms with Crippen molar-refractivity contribution in [2.24, 2.45) is 17.5 Å². The summed E-state index contributed by atoms with van der Waals surface area (Å²) in [6.07, 6.45) is 12.4. The van der Waals surface area contributed by atoms with Crippen molar-refractivity contribution < 1.29 is 0 Å². The average molecular weight is 347 g/mol. The van der Waals surface area contributed by atoms with Crippen LogP contribution < -0.4 is 5.32 Å². The summed E-state index contributed by atoms with van der Waals surface area (Å²) in [7, 11) is 8.11. The predicted octanol–water partition coefficient (Wildman–Crippen LogP) is 2.25. The highest BCUT2D eigenvalue weighted by atomic mass is 15.3. The lowest BCUT2D eigenvalue weighted by atomic mass is 9.73. The van der Waals surface area contributed by atoms with E-state index in [-0.39, 0.29) is 6.04 Å². The summed E-state index contributed by atoms with van der Waals surface area (Å²) in [4.78, 5) is 9.28. The topological polar surface area (TPSA) is 48.7 Å². The van der Waals surface area contributed by atoms with Crippen molar-refractivity contribution in [2.75, 3.05) is 40.8 Å².